The molecule has 1 N–H and O–H groups in total. The molecule has 0 unspecified atom stereocenters. The fourth-order valence-electron chi connectivity index (χ4n) is 2.92. The zero-order valence-electron chi connectivity index (χ0n) is 19.6. The molecule has 186 valence electrons. The second kappa shape index (κ2) is 12.0. The molecule has 36 heavy (non-hydrogen) atoms. The fourth-order valence-corrected chi connectivity index (χ4v) is 5.37. The highest BCUT2D eigenvalue weighted by Crippen LogP contribution is 2.34. The number of esters is 1. The average Bonchev–Trinajstić information content (AvgIpc) is 3.52. The van der Waals surface area contributed by atoms with Crippen LogP contribution >= 0.6 is 34.9 Å². The number of rotatable bonds is 10. The topological polar surface area (TPSA) is 121 Å². The molecule has 0 fully saturated rings. The molecular formula is C23H22N6O4S3. The molecule has 0 saturated heterocycles. The van der Waals surface area contributed by atoms with Crippen molar-refractivity contribution in [2.45, 2.75) is 32.8 Å². The molecule has 3 aromatic heterocycles. The van der Waals surface area contributed by atoms with Crippen molar-refractivity contribution in [1.29, 1.82) is 0 Å². The van der Waals surface area contributed by atoms with Crippen LogP contribution < -0.4 is 10.1 Å². The van der Waals surface area contributed by atoms with E-state index in [1.807, 2.05) is 43.4 Å². The van der Waals surface area contributed by atoms with Crippen molar-refractivity contribution in [1.82, 2.24) is 24.7 Å². The molecule has 10 nitrogen and oxygen atoms in total. The van der Waals surface area contributed by atoms with Crippen molar-refractivity contribution in [3.63, 3.8) is 0 Å². The number of hydrogen-bond acceptors (Lipinski definition) is 11. The van der Waals surface area contributed by atoms with Crippen molar-refractivity contribution in [2.75, 3.05) is 19.5 Å². The van der Waals surface area contributed by atoms with Crippen LogP contribution in [-0.4, -0.2) is 50.8 Å². The number of carbonyl (C=O) groups is 2. The van der Waals surface area contributed by atoms with E-state index in [2.05, 4.69) is 30.2 Å². The van der Waals surface area contributed by atoms with Crippen LogP contribution in [0.25, 0.3) is 0 Å². The van der Waals surface area contributed by atoms with Gasteiger partial charge in [-0.2, -0.15) is 0 Å². The Balaban J connectivity index is 1.56. The highest BCUT2D eigenvalue weighted by molar-refractivity contribution is 7.99. The summed E-state index contributed by atoms with van der Waals surface area (Å²) in [5.41, 5.74) is 0.259. The van der Waals surface area contributed by atoms with Crippen LogP contribution in [-0.2, 0) is 23.0 Å². The Kier molecular flexibility index (Phi) is 8.57. The minimum absolute atomic E-state index is 0.248. The first-order valence-electron chi connectivity index (χ1n) is 10.6. The van der Waals surface area contributed by atoms with Gasteiger partial charge in [0.25, 0.3) is 5.91 Å². The van der Waals surface area contributed by atoms with Crippen molar-refractivity contribution in [2.24, 2.45) is 7.05 Å². The summed E-state index contributed by atoms with van der Waals surface area (Å²) in [6.45, 7) is 0. The van der Waals surface area contributed by atoms with Crippen molar-refractivity contribution < 1.29 is 19.1 Å². The molecule has 0 spiro atoms. The Morgan fingerprint density at radius 1 is 1.11 bits per heavy atom. The summed E-state index contributed by atoms with van der Waals surface area (Å²) in [5.74, 6) is 0.0635. The van der Waals surface area contributed by atoms with Gasteiger partial charge in [-0.15, -0.1) is 21.5 Å². The summed E-state index contributed by atoms with van der Waals surface area (Å²) in [5, 5.41) is 12.5. The van der Waals surface area contributed by atoms with Gasteiger partial charge in [0.1, 0.15) is 22.8 Å². The number of amides is 1. The molecule has 0 aliphatic heterocycles. The number of pyridine rings is 1. The Morgan fingerprint density at radius 2 is 1.92 bits per heavy atom. The second-order valence-corrected chi connectivity index (χ2v) is 10.5. The lowest BCUT2D eigenvalue weighted by Gasteiger charge is -2.10. The summed E-state index contributed by atoms with van der Waals surface area (Å²) in [6, 6.07) is 11.3. The highest BCUT2D eigenvalue weighted by Gasteiger charge is 2.19. The summed E-state index contributed by atoms with van der Waals surface area (Å²) < 4.78 is 11.7. The normalized spacial score (nSPS) is 10.8. The van der Waals surface area contributed by atoms with Gasteiger partial charge in [0.2, 0.25) is 0 Å². The summed E-state index contributed by atoms with van der Waals surface area (Å²) in [7, 11) is 4.80. The van der Waals surface area contributed by atoms with Crippen molar-refractivity contribution >= 4 is 51.9 Å². The molecule has 0 bridgehead atoms. The second-order valence-electron chi connectivity index (χ2n) is 7.26. The number of nitrogens with one attached hydrogen (secondary N) is 1. The third-order valence-electron chi connectivity index (χ3n) is 4.78. The monoisotopic (exact) mass is 542 g/mol. The fraction of sp³-hybridized carbons (Fsp3) is 0.217. The number of benzene rings is 1. The van der Waals surface area contributed by atoms with Crippen LogP contribution in [0.1, 0.15) is 21.8 Å². The van der Waals surface area contributed by atoms with Crippen LogP contribution in [0.15, 0.2) is 68.9 Å². The number of aromatic nitrogens is 5. The minimum Gasteiger partial charge on any atom is -0.497 e. The molecule has 4 aromatic rings. The largest absolute Gasteiger partial charge is 0.497 e. The number of thiazole rings is 1. The highest BCUT2D eigenvalue weighted by atomic mass is 32.2. The molecule has 0 aliphatic rings. The lowest BCUT2D eigenvalue weighted by atomic mass is 10.3. The zero-order chi connectivity index (χ0) is 25.5. The first-order valence-corrected chi connectivity index (χ1v) is 13.1. The van der Waals surface area contributed by atoms with Gasteiger partial charge in [0.15, 0.2) is 10.3 Å². The zero-order valence-corrected chi connectivity index (χ0v) is 22.1. The van der Waals surface area contributed by atoms with Crippen molar-refractivity contribution in [3.05, 3.63) is 59.5 Å². The SMILES string of the molecule is COC(=O)CCc1cnc(NC(=O)c2nc(Sc3nncn3C)ccc2Sc2ccc(OC)cc2)s1. The Hall–Kier alpha value is -3.42. The predicted octanol–water partition coefficient (Wildman–Crippen LogP) is 4.34. The third-order valence-corrected chi connectivity index (χ3v) is 7.80. The smallest absolute Gasteiger partial charge is 0.305 e. The lowest BCUT2D eigenvalue weighted by Crippen LogP contribution is -2.15. The molecular weight excluding hydrogens is 520 g/mol. The van der Waals surface area contributed by atoms with E-state index in [0.717, 1.165) is 15.5 Å². The number of ether oxygens (including phenoxy) is 2. The number of anilines is 1. The molecule has 3 heterocycles. The van der Waals surface area contributed by atoms with E-state index in [9.17, 15) is 9.59 Å². The molecule has 4 rings (SSSR count). The van der Waals surface area contributed by atoms with E-state index in [0.29, 0.717) is 26.6 Å². The van der Waals surface area contributed by atoms with E-state index in [1.54, 1.807) is 24.2 Å². The van der Waals surface area contributed by atoms with E-state index in [-0.39, 0.29) is 24.0 Å². The van der Waals surface area contributed by atoms with Gasteiger partial charge in [-0.3, -0.25) is 14.9 Å². The van der Waals surface area contributed by atoms with Crippen molar-refractivity contribution in [3.8, 4) is 5.75 Å². The molecule has 0 radical (unpaired) electrons. The van der Waals surface area contributed by atoms with Gasteiger partial charge in [0, 0.05) is 27.9 Å². The molecule has 1 aromatic carbocycles. The van der Waals surface area contributed by atoms with E-state index >= 15 is 0 Å². The molecule has 1 amide bonds. The molecule has 0 atom stereocenters. The molecule has 0 aliphatic carbocycles. The lowest BCUT2D eigenvalue weighted by molar-refractivity contribution is -0.140. The van der Waals surface area contributed by atoms with Crippen LogP contribution in [0.5, 0.6) is 5.75 Å². The molecule has 13 heteroatoms. The first-order chi connectivity index (χ1) is 17.4. The van der Waals surface area contributed by atoms with Gasteiger partial charge in [-0.25, -0.2) is 9.97 Å². The number of carbonyl (C=O) groups excluding carboxylic acids is 2. The van der Waals surface area contributed by atoms with Crippen LogP contribution in [0, 0.1) is 0 Å². The number of methoxy groups -OCH3 is 2. The number of aryl methyl sites for hydroxylation is 2. The van der Waals surface area contributed by atoms with Crippen LogP contribution in [0.4, 0.5) is 5.13 Å². The maximum Gasteiger partial charge on any atom is 0.305 e. The maximum atomic E-state index is 13.3. The Bertz CT molecular complexity index is 1360. The standard InChI is InChI=1S/C23H22N6O4S3/c1-29-13-25-28-23(29)36-18-10-9-17(34-15-6-4-14(32-2)5-7-15)20(26-18)21(31)27-22-24-12-16(35-22)8-11-19(30)33-3/h4-7,9-10,12-13H,8,11H2,1-3H3,(H,24,27,31). The minimum atomic E-state index is -0.389. The number of nitrogens with zero attached hydrogens (tertiary/aromatic N) is 5. The first kappa shape index (κ1) is 25.7. The van der Waals surface area contributed by atoms with Gasteiger partial charge < -0.3 is 14.0 Å². The summed E-state index contributed by atoms with van der Waals surface area (Å²) in [6.07, 6.45) is 3.98. The van der Waals surface area contributed by atoms with Gasteiger partial charge in [-0.05, 0) is 54.6 Å². The quantitative estimate of drug-likeness (QED) is 0.290. The van der Waals surface area contributed by atoms with E-state index in [4.69, 9.17) is 4.74 Å². The maximum absolute atomic E-state index is 13.3. The molecule has 0 saturated carbocycles. The Labute approximate surface area is 219 Å². The van der Waals surface area contributed by atoms with E-state index in [1.165, 1.54) is 42.0 Å². The Morgan fingerprint density at radius 3 is 2.61 bits per heavy atom. The third kappa shape index (κ3) is 6.62. The summed E-state index contributed by atoms with van der Waals surface area (Å²) >= 11 is 4.04. The van der Waals surface area contributed by atoms with Crippen LogP contribution in [0.3, 0.4) is 0 Å². The van der Waals surface area contributed by atoms with Gasteiger partial charge >= 0.3 is 5.97 Å². The van der Waals surface area contributed by atoms with Gasteiger partial charge in [0.05, 0.1) is 20.6 Å². The number of hydrogen-bond donors (Lipinski definition) is 1. The summed E-state index contributed by atoms with van der Waals surface area (Å²) in [4.78, 5) is 36.1. The van der Waals surface area contributed by atoms with E-state index < -0.39 is 0 Å². The average molecular weight is 543 g/mol. The predicted molar refractivity (Wildman–Crippen MR) is 137 cm³/mol. The van der Waals surface area contributed by atoms with Gasteiger partial charge in [-0.1, -0.05) is 11.8 Å². The van der Waals surface area contributed by atoms with Crippen LogP contribution in [0.2, 0.25) is 0 Å².